The zero-order valence-electron chi connectivity index (χ0n) is 16.1. The van der Waals surface area contributed by atoms with Gasteiger partial charge in [0.05, 0.1) is 11.5 Å². The minimum absolute atomic E-state index is 0.218. The number of imide groups is 1. The van der Waals surface area contributed by atoms with Crippen LogP contribution in [0.2, 0.25) is 0 Å². The Labute approximate surface area is 159 Å². The SMILES string of the molecule is CCOc1cc(C)c(/C=C2/SC(=O)N(CCCOC)C2=O)cc1C(C)C. The van der Waals surface area contributed by atoms with Crippen LogP contribution in [0.3, 0.4) is 0 Å². The lowest BCUT2D eigenvalue weighted by Gasteiger charge is -2.16. The smallest absolute Gasteiger partial charge is 0.293 e. The highest BCUT2D eigenvalue weighted by molar-refractivity contribution is 8.18. The maximum absolute atomic E-state index is 12.6. The number of hydrogen-bond donors (Lipinski definition) is 0. The molecule has 2 amide bonds. The summed E-state index contributed by atoms with van der Waals surface area (Å²) in [5.74, 6) is 0.953. The molecule has 0 aromatic heterocycles. The third-order valence-corrected chi connectivity index (χ3v) is 5.12. The van der Waals surface area contributed by atoms with E-state index in [2.05, 4.69) is 19.9 Å². The molecule has 0 N–H and O–H groups in total. The molecule has 0 radical (unpaired) electrons. The van der Waals surface area contributed by atoms with Gasteiger partial charge >= 0.3 is 0 Å². The fourth-order valence-corrected chi connectivity index (χ4v) is 3.66. The van der Waals surface area contributed by atoms with E-state index in [9.17, 15) is 9.59 Å². The fourth-order valence-electron chi connectivity index (χ4n) is 2.80. The molecule has 0 bridgehead atoms. The number of carbonyl (C=O) groups is 2. The van der Waals surface area contributed by atoms with E-state index in [4.69, 9.17) is 9.47 Å². The number of thioether (sulfide) groups is 1. The second-order valence-electron chi connectivity index (χ2n) is 6.51. The number of carbonyl (C=O) groups excluding carboxylic acids is 2. The first-order chi connectivity index (χ1) is 12.4. The summed E-state index contributed by atoms with van der Waals surface area (Å²) in [7, 11) is 1.61. The summed E-state index contributed by atoms with van der Waals surface area (Å²) in [6.45, 7) is 9.69. The number of methoxy groups -OCH3 is 1. The van der Waals surface area contributed by atoms with E-state index in [-0.39, 0.29) is 11.1 Å². The Kier molecular flexibility index (Phi) is 7.29. The average molecular weight is 378 g/mol. The molecule has 1 saturated heterocycles. The zero-order valence-corrected chi connectivity index (χ0v) is 16.9. The lowest BCUT2D eigenvalue weighted by atomic mass is 9.96. The number of aryl methyl sites for hydroxylation is 1. The maximum atomic E-state index is 12.6. The van der Waals surface area contributed by atoms with E-state index in [1.807, 2.05) is 26.0 Å². The molecule has 1 aliphatic heterocycles. The van der Waals surface area contributed by atoms with Crippen LogP contribution in [0, 0.1) is 6.92 Å². The zero-order chi connectivity index (χ0) is 19.3. The molecule has 0 aliphatic carbocycles. The number of nitrogens with zero attached hydrogens (tertiary/aromatic N) is 1. The topological polar surface area (TPSA) is 55.8 Å². The van der Waals surface area contributed by atoms with Gasteiger partial charge < -0.3 is 9.47 Å². The molecule has 0 unspecified atom stereocenters. The van der Waals surface area contributed by atoms with E-state index in [1.54, 1.807) is 7.11 Å². The average Bonchev–Trinajstić information content (AvgIpc) is 2.84. The van der Waals surface area contributed by atoms with Gasteiger partial charge in [0.2, 0.25) is 0 Å². The fraction of sp³-hybridized carbons (Fsp3) is 0.500. The molecule has 0 saturated carbocycles. The van der Waals surface area contributed by atoms with Crippen LogP contribution >= 0.6 is 11.8 Å². The minimum Gasteiger partial charge on any atom is -0.494 e. The normalized spacial score (nSPS) is 16.2. The molecular weight excluding hydrogens is 350 g/mol. The van der Waals surface area contributed by atoms with Crippen LogP contribution in [0.4, 0.5) is 4.79 Å². The summed E-state index contributed by atoms with van der Waals surface area (Å²) >= 11 is 0.999. The Hall–Kier alpha value is -1.79. The lowest BCUT2D eigenvalue weighted by molar-refractivity contribution is -0.122. The quantitative estimate of drug-likeness (QED) is 0.490. The van der Waals surface area contributed by atoms with Gasteiger partial charge in [0.15, 0.2) is 0 Å². The van der Waals surface area contributed by atoms with Gasteiger partial charge in [-0.2, -0.15) is 0 Å². The highest BCUT2D eigenvalue weighted by atomic mass is 32.2. The van der Waals surface area contributed by atoms with Crippen LogP contribution in [-0.2, 0) is 9.53 Å². The van der Waals surface area contributed by atoms with Crippen molar-refractivity contribution in [1.29, 1.82) is 0 Å². The Morgan fingerprint density at radius 2 is 2.00 bits per heavy atom. The van der Waals surface area contributed by atoms with Gasteiger partial charge in [-0.15, -0.1) is 0 Å². The Morgan fingerprint density at radius 3 is 2.62 bits per heavy atom. The largest absolute Gasteiger partial charge is 0.494 e. The van der Waals surface area contributed by atoms with Crippen molar-refractivity contribution < 1.29 is 19.1 Å². The predicted molar refractivity (Wildman–Crippen MR) is 106 cm³/mol. The van der Waals surface area contributed by atoms with Gasteiger partial charge in [-0.05, 0) is 72.8 Å². The Morgan fingerprint density at radius 1 is 1.27 bits per heavy atom. The molecule has 1 aliphatic rings. The number of ether oxygens (including phenoxy) is 2. The van der Waals surface area contributed by atoms with Crippen LogP contribution in [0.15, 0.2) is 17.0 Å². The number of hydrogen-bond acceptors (Lipinski definition) is 5. The molecule has 142 valence electrons. The first-order valence-electron chi connectivity index (χ1n) is 8.90. The highest BCUT2D eigenvalue weighted by Crippen LogP contribution is 2.35. The van der Waals surface area contributed by atoms with Crippen LogP contribution in [0.1, 0.15) is 49.8 Å². The molecule has 2 rings (SSSR count). The second-order valence-corrected chi connectivity index (χ2v) is 7.51. The molecule has 6 heteroatoms. The third-order valence-electron chi connectivity index (χ3n) is 4.21. The molecule has 1 aromatic rings. The van der Waals surface area contributed by atoms with Crippen molar-refractivity contribution in [1.82, 2.24) is 4.90 Å². The number of rotatable bonds is 8. The first kappa shape index (κ1) is 20.5. The summed E-state index contributed by atoms with van der Waals surface area (Å²) in [6, 6.07) is 4.07. The standard InChI is InChI=1S/C20H27NO4S/c1-6-25-17-10-14(4)15(11-16(17)13(2)3)12-18-19(22)21(20(23)26-18)8-7-9-24-5/h10-13H,6-9H2,1-5H3/b18-12+. The monoisotopic (exact) mass is 377 g/mol. The van der Waals surface area contributed by atoms with Crippen molar-refractivity contribution in [2.45, 2.75) is 40.0 Å². The second kappa shape index (κ2) is 9.24. The van der Waals surface area contributed by atoms with Crippen molar-refractivity contribution >= 4 is 29.0 Å². The molecular formula is C20H27NO4S. The molecule has 1 heterocycles. The van der Waals surface area contributed by atoms with E-state index >= 15 is 0 Å². The van der Waals surface area contributed by atoms with E-state index < -0.39 is 0 Å². The third kappa shape index (κ3) is 4.68. The van der Waals surface area contributed by atoms with Gasteiger partial charge in [-0.3, -0.25) is 14.5 Å². The summed E-state index contributed by atoms with van der Waals surface area (Å²) in [5, 5.41) is -0.218. The predicted octanol–water partition coefficient (Wildman–Crippen LogP) is 4.59. The van der Waals surface area contributed by atoms with Gasteiger partial charge in [0.25, 0.3) is 11.1 Å². The van der Waals surface area contributed by atoms with Gasteiger partial charge in [-0.25, -0.2) is 0 Å². The summed E-state index contributed by atoms with van der Waals surface area (Å²) in [5.41, 5.74) is 3.06. The maximum Gasteiger partial charge on any atom is 0.293 e. The van der Waals surface area contributed by atoms with Gasteiger partial charge in [0, 0.05) is 20.3 Å². The molecule has 0 atom stereocenters. The molecule has 1 aromatic carbocycles. The minimum atomic E-state index is -0.226. The molecule has 26 heavy (non-hydrogen) atoms. The van der Waals surface area contributed by atoms with Crippen LogP contribution < -0.4 is 4.74 Å². The molecule has 5 nitrogen and oxygen atoms in total. The van der Waals surface area contributed by atoms with Crippen molar-refractivity contribution in [3.05, 3.63) is 33.7 Å². The highest BCUT2D eigenvalue weighted by Gasteiger charge is 2.34. The van der Waals surface area contributed by atoms with Crippen molar-refractivity contribution in [2.75, 3.05) is 26.9 Å². The summed E-state index contributed by atoms with van der Waals surface area (Å²) < 4.78 is 10.7. The van der Waals surface area contributed by atoms with E-state index in [0.717, 1.165) is 34.2 Å². The lowest BCUT2D eigenvalue weighted by Crippen LogP contribution is -2.29. The molecule has 0 spiro atoms. The van der Waals surface area contributed by atoms with Gasteiger partial charge in [-0.1, -0.05) is 13.8 Å². The van der Waals surface area contributed by atoms with Crippen molar-refractivity contribution in [3.63, 3.8) is 0 Å². The van der Waals surface area contributed by atoms with E-state index in [0.29, 0.717) is 37.0 Å². The summed E-state index contributed by atoms with van der Waals surface area (Å²) in [4.78, 5) is 26.5. The first-order valence-corrected chi connectivity index (χ1v) is 9.72. The van der Waals surface area contributed by atoms with Crippen LogP contribution in [0.5, 0.6) is 5.75 Å². The molecule has 1 fully saturated rings. The van der Waals surface area contributed by atoms with Crippen molar-refractivity contribution in [2.24, 2.45) is 0 Å². The van der Waals surface area contributed by atoms with Crippen LogP contribution in [-0.4, -0.2) is 42.9 Å². The number of amides is 2. The van der Waals surface area contributed by atoms with E-state index in [1.165, 1.54) is 4.90 Å². The summed E-state index contributed by atoms with van der Waals surface area (Å²) in [6.07, 6.45) is 2.46. The van der Waals surface area contributed by atoms with Crippen molar-refractivity contribution in [3.8, 4) is 5.75 Å². The Bertz CT molecular complexity index is 712. The Balaban J connectivity index is 2.30. The number of benzene rings is 1. The van der Waals surface area contributed by atoms with Crippen LogP contribution in [0.25, 0.3) is 6.08 Å². The van der Waals surface area contributed by atoms with Gasteiger partial charge in [0.1, 0.15) is 5.75 Å².